The highest BCUT2D eigenvalue weighted by Crippen LogP contribution is 2.19. The second-order valence-corrected chi connectivity index (χ2v) is 5.29. The van der Waals surface area contributed by atoms with Crippen LogP contribution in [0.4, 0.5) is 4.39 Å². The molecule has 0 aliphatic rings. The van der Waals surface area contributed by atoms with Crippen molar-refractivity contribution in [2.75, 3.05) is 0 Å². The van der Waals surface area contributed by atoms with Gasteiger partial charge in [0.1, 0.15) is 23.9 Å². The normalized spacial score (nSPS) is 10.9. The Morgan fingerprint density at radius 1 is 1.10 bits per heavy atom. The first-order chi connectivity index (χ1) is 10.0. The van der Waals surface area contributed by atoms with Gasteiger partial charge in [-0.3, -0.25) is 0 Å². The van der Waals surface area contributed by atoms with Crippen LogP contribution in [0, 0.1) is 5.82 Å². The first-order valence-electron chi connectivity index (χ1n) is 6.96. The zero-order valence-electron chi connectivity index (χ0n) is 12.3. The topological polar surface area (TPSA) is 41.5 Å². The number of aromatic hydroxyl groups is 1. The van der Waals surface area contributed by atoms with E-state index in [1.165, 1.54) is 12.1 Å². The van der Waals surface area contributed by atoms with E-state index in [9.17, 15) is 9.50 Å². The van der Waals surface area contributed by atoms with Crippen LogP contribution in [0.3, 0.4) is 0 Å². The fourth-order valence-electron chi connectivity index (χ4n) is 1.89. The quantitative estimate of drug-likeness (QED) is 0.853. The number of phenolic OH excluding ortho intramolecular Hbond substituents is 1. The Kier molecular flexibility index (Phi) is 5.17. The van der Waals surface area contributed by atoms with E-state index < -0.39 is 0 Å². The molecule has 0 radical (unpaired) electrons. The summed E-state index contributed by atoms with van der Waals surface area (Å²) in [7, 11) is 0. The Labute approximate surface area is 124 Å². The van der Waals surface area contributed by atoms with Gasteiger partial charge in [-0.25, -0.2) is 4.39 Å². The molecule has 0 unspecified atom stereocenters. The molecule has 0 spiro atoms. The Morgan fingerprint density at radius 3 is 2.48 bits per heavy atom. The van der Waals surface area contributed by atoms with Crippen LogP contribution in [0.25, 0.3) is 0 Å². The van der Waals surface area contributed by atoms with Crippen molar-refractivity contribution in [3.05, 3.63) is 59.4 Å². The van der Waals surface area contributed by atoms with Crippen LogP contribution in [0.1, 0.15) is 25.0 Å². The lowest BCUT2D eigenvalue weighted by molar-refractivity contribution is 0.304. The molecule has 0 saturated carbocycles. The molecule has 0 bridgehead atoms. The molecule has 0 aliphatic carbocycles. The molecule has 0 fully saturated rings. The van der Waals surface area contributed by atoms with Gasteiger partial charge in [0.15, 0.2) is 0 Å². The minimum atomic E-state index is -0.307. The summed E-state index contributed by atoms with van der Waals surface area (Å²) < 4.78 is 19.2. The third-order valence-electron chi connectivity index (χ3n) is 2.99. The number of benzene rings is 2. The number of hydrogen-bond acceptors (Lipinski definition) is 3. The zero-order valence-corrected chi connectivity index (χ0v) is 12.3. The highest BCUT2D eigenvalue weighted by Gasteiger charge is 2.04. The van der Waals surface area contributed by atoms with E-state index in [2.05, 4.69) is 5.32 Å². The highest BCUT2D eigenvalue weighted by atomic mass is 19.1. The van der Waals surface area contributed by atoms with E-state index in [0.29, 0.717) is 24.9 Å². The number of halogens is 1. The molecule has 4 heteroatoms. The van der Waals surface area contributed by atoms with E-state index in [-0.39, 0.29) is 11.6 Å². The average molecular weight is 289 g/mol. The lowest BCUT2D eigenvalue weighted by Crippen LogP contribution is -2.21. The number of nitrogens with one attached hydrogen (secondary N) is 1. The van der Waals surface area contributed by atoms with Gasteiger partial charge >= 0.3 is 0 Å². The van der Waals surface area contributed by atoms with Crippen LogP contribution < -0.4 is 10.1 Å². The molecule has 3 nitrogen and oxygen atoms in total. The van der Waals surface area contributed by atoms with Crippen molar-refractivity contribution >= 4 is 0 Å². The molecule has 2 aromatic carbocycles. The largest absolute Gasteiger partial charge is 0.508 e. The average Bonchev–Trinajstić information content (AvgIpc) is 2.44. The first-order valence-corrected chi connectivity index (χ1v) is 6.96. The van der Waals surface area contributed by atoms with E-state index in [4.69, 9.17) is 4.74 Å². The Hall–Kier alpha value is -2.07. The molecular formula is C17H20FNO2. The van der Waals surface area contributed by atoms with Gasteiger partial charge in [-0.1, -0.05) is 26.0 Å². The van der Waals surface area contributed by atoms with Crippen molar-refractivity contribution < 1.29 is 14.2 Å². The zero-order chi connectivity index (χ0) is 15.2. The molecule has 112 valence electrons. The number of phenols is 1. The van der Waals surface area contributed by atoms with Gasteiger partial charge in [-0.2, -0.15) is 0 Å². The van der Waals surface area contributed by atoms with Gasteiger partial charge in [-0.05, 0) is 35.4 Å². The lowest BCUT2D eigenvalue weighted by atomic mass is 10.2. The molecule has 2 N–H and O–H groups in total. The fourth-order valence-corrected chi connectivity index (χ4v) is 1.89. The van der Waals surface area contributed by atoms with Gasteiger partial charge in [0.25, 0.3) is 0 Å². The molecule has 0 saturated heterocycles. The maximum atomic E-state index is 13.6. The van der Waals surface area contributed by atoms with Gasteiger partial charge < -0.3 is 15.2 Å². The van der Waals surface area contributed by atoms with Crippen LogP contribution in [-0.2, 0) is 13.2 Å². The minimum absolute atomic E-state index is 0.214. The maximum Gasteiger partial charge on any atom is 0.127 e. The van der Waals surface area contributed by atoms with Crippen LogP contribution in [0.5, 0.6) is 11.5 Å². The Balaban J connectivity index is 2.00. The van der Waals surface area contributed by atoms with Gasteiger partial charge in [-0.15, -0.1) is 0 Å². The summed E-state index contributed by atoms with van der Waals surface area (Å²) in [5.74, 6) is 0.411. The molecule has 0 amide bonds. The third kappa shape index (κ3) is 5.08. The molecule has 0 aromatic heterocycles. The maximum absolute atomic E-state index is 13.6. The summed E-state index contributed by atoms with van der Waals surface area (Å²) in [6.45, 7) is 5.02. The summed E-state index contributed by atoms with van der Waals surface area (Å²) in [5.41, 5.74) is 1.77. The van der Waals surface area contributed by atoms with E-state index in [0.717, 1.165) is 11.1 Å². The monoisotopic (exact) mass is 289 g/mol. The smallest absolute Gasteiger partial charge is 0.127 e. The van der Waals surface area contributed by atoms with Crippen molar-refractivity contribution in [1.82, 2.24) is 5.32 Å². The summed E-state index contributed by atoms with van der Waals surface area (Å²) >= 11 is 0. The highest BCUT2D eigenvalue weighted by molar-refractivity contribution is 5.30. The van der Waals surface area contributed by atoms with Crippen LogP contribution >= 0.6 is 0 Å². The second kappa shape index (κ2) is 7.09. The molecule has 21 heavy (non-hydrogen) atoms. The van der Waals surface area contributed by atoms with Gasteiger partial charge in [0.05, 0.1) is 0 Å². The standard InChI is InChI=1S/C17H20FNO2/c1-12(2)19-10-14-7-15(18)9-17(8-14)21-11-13-3-5-16(20)6-4-13/h3-9,12,19-20H,10-11H2,1-2H3. The molecule has 2 aromatic rings. The van der Waals surface area contributed by atoms with Gasteiger partial charge in [0, 0.05) is 18.7 Å². The molecule has 2 rings (SSSR count). The molecule has 0 aliphatic heterocycles. The molecule has 0 heterocycles. The predicted octanol–water partition coefficient (Wildman–Crippen LogP) is 3.61. The van der Waals surface area contributed by atoms with E-state index in [1.54, 1.807) is 24.3 Å². The molecular weight excluding hydrogens is 269 g/mol. The van der Waals surface area contributed by atoms with Crippen molar-refractivity contribution in [2.45, 2.75) is 33.0 Å². The fraction of sp³-hybridized carbons (Fsp3) is 0.294. The van der Waals surface area contributed by atoms with Crippen LogP contribution in [0.2, 0.25) is 0 Å². The number of hydrogen-bond donors (Lipinski definition) is 2. The van der Waals surface area contributed by atoms with E-state index >= 15 is 0 Å². The molecule has 0 atom stereocenters. The van der Waals surface area contributed by atoms with Crippen LogP contribution in [-0.4, -0.2) is 11.1 Å². The summed E-state index contributed by atoms with van der Waals surface area (Å²) in [6.07, 6.45) is 0. The third-order valence-corrected chi connectivity index (χ3v) is 2.99. The second-order valence-electron chi connectivity index (χ2n) is 5.29. The van der Waals surface area contributed by atoms with E-state index in [1.807, 2.05) is 19.9 Å². The van der Waals surface area contributed by atoms with Crippen molar-refractivity contribution in [2.24, 2.45) is 0 Å². The summed E-state index contributed by atoms with van der Waals surface area (Å²) in [5, 5.41) is 12.5. The van der Waals surface area contributed by atoms with Crippen molar-refractivity contribution in [3.63, 3.8) is 0 Å². The van der Waals surface area contributed by atoms with Gasteiger partial charge in [0.2, 0.25) is 0 Å². The lowest BCUT2D eigenvalue weighted by Gasteiger charge is -2.11. The summed E-state index contributed by atoms with van der Waals surface area (Å²) in [6, 6.07) is 11.8. The number of ether oxygens (including phenoxy) is 1. The van der Waals surface area contributed by atoms with Crippen LogP contribution in [0.15, 0.2) is 42.5 Å². The van der Waals surface area contributed by atoms with Crippen molar-refractivity contribution in [1.29, 1.82) is 0 Å². The predicted molar refractivity (Wildman–Crippen MR) is 80.8 cm³/mol. The first kappa shape index (κ1) is 15.3. The Morgan fingerprint density at radius 2 is 1.81 bits per heavy atom. The SMILES string of the molecule is CC(C)NCc1cc(F)cc(OCc2ccc(O)cc2)c1. The number of rotatable bonds is 6. The Bertz CT molecular complexity index is 582. The minimum Gasteiger partial charge on any atom is -0.508 e. The summed E-state index contributed by atoms with van der Waals surface area (Å²) in [4.78, 5) is 0. The van der Waals surface area contributed by atoms with Crippen molar-refractivity contribution in [3.8, 4) is 11.5 Å².